The van der Waals surface area contributed by atoms with Crippen LogP contribution in [0.2, 0.25) is 0 Å². The Kier molecular flexibility index (Phi) is 5.01. The summed E-state index contributed by atoms with van der Waals surface area (Å²) in [5.74, 6) is -0.239. The highest BCUT2D eigenvalue weighted by molar-refractivity contribution is 5.78. The highest BCUT2D eigenvalue weighted by Gasteiger charge is 2.31. The quantitative estimate of drug-likeness (QED) is 0.846. The molecule has 1 aliphatic heterocycles. The summed E-state index contributed by atoms with van der Waals surface area (Å²) in [6.45, 7) is 4.27. The normalized spacial score (nSPS) is 19.9. The molecule has 0 bridgehead atoms. The third kappa shape index (κ3) is 4.84. The number of nitrogens with zero attached hydrogens (tertiary/aromatic N) is 1. The van der Waals surface area contributed by atoms with Gasteiger partial charge in [-0.2, -0.15) is 13.2 Å². The Morgan fingerprint density at radius 1 is 1.33 bits per heavy atom. The minimum Gasteiger partial charge on any atom is -0.342 e. The second-order valence-corrected chi connectivity index (χ2v) is 5.26. The summed E-state index contributed by atoms with van der Waals surface area (Å²) < 4.78 is 35.7. The molecule has 0 aromatic carbocycles. The lowest BCUT2D eigenvalue weighted by atomic mass is 9.78. The molecule has 6 heteroatoms. The van der Waals surface area contributed by atoms with Crippen molar-refractivity contribution in [3.8, 4) is 0 Å². The smallest absolute Gasteiger partial charge is 0.342 e. The first kappa shape index (κ1) is 15.3. The Bertz CT molecular complexity index is 284. The van der Waals surface area contributed by atoms with Crippen molar-refractivity contribution in [2.24, 2.45) is 5.41 Å². The monoisotopic (exact) mass is 266 g/mol. The van der Waals surface area contributed by atoms with Gasteiger partial charge in [0.2, 0.25) is 5.91 Å². The molecule has 1 rings (SSSR count). The first-order chi connectivity index (χ1) is 8.26. The topological polar surface area (TPSA) is 32.3 Å². The maximum atomic E-state index is 11.9. The van der Waals surface area contributed by atoms with E-state index in [4.69, 9.17) is 0 Å². The number of halogens is 3. The summed E-state index contributed by atoms with van der Waals surface area (Å²) in [5, 5.41) is 2.14. The molecule has 0 aromatic rings. The molecule has 1 heterocycles. The molecule has 106 valence electrons. The van der Waals surface area contributed by atoms with Crippen molar-refractivity contribution in [2.75, 3.05) is 26.2 Å². The van der Waals surface area contributed by atoms with Crippen molar-refractivity contribution in [3.05, 3.63) is 0 Å². The second kappa shape index (κ2) is 5.91. The minimum atomic E-state index is -4.26. The Labute approximate surface area is 106 Å². The molecule has 1 saturated heterocycles. The summed E-state index contributed by atoms with van der Waals surface area (Å²) >= 11 is 0. The number of rotatable bonds is 4. The summed E-state index contributed by atoms with van der Waals surface area (Å²) in [7, 11) is 0. The van der Waals surface area contributed by atoms with E-state index in [0.717, 1.165) is 19.3 Å². The van der Waals surface area contributed by atoms with Crippen LogP contribution in [-0.4, -0.2) is 43.2 Å². The lowest BCUT2D eigenvalue weighted by molar-refractivity contribution is -0.135. The van der Waals surface area contributed by atoms with Gasteiger partial charge in [-0.1, -0.05) is 20.3 Å². The molecule has 1 amide bonds. The number of amides is 1. The summed E-state index contributed by atoms with van der Waals surface area (Å²) in [6, 6.07) is 0. The van der Waals surface area contributed by atoms with Crippen molar-refractivity contribution in [2.45, 2.75) is 39.3 Å². The highest BCUT2D eigenvalue weighted by atomic mass is 19.4. The standard InChI is InChI=1S/C12H21F3N2O/c1-3-11(2)4-6-17(7-5-11)10(18)8-16-9-12(13,14)15/h16H,3-9H2,1-2H3. The van der Waals surface area contributed by atoms with Gasteiger partial charge in [0.05, 0.1) is 13.1 Å². The van der Waals surface area contributed by atoms with Crippen LogP contribution in [0.3, 0.4) is 0 Å². The fraction of sp³-hybridized carbons (Fsp3) is 0.917. The van der Waals surface area contributed by atoms with Crippen LogP contribution < -0.4 is 5.32 Å². The maximum Gasteiger partial charge on any atom is 0.401 e. The van der Waals surface area contributed by atoms with Crippen molar-refractivity contribution < 1.29 is 18.0 Å². The van der Waals surface area contributed by atoms with Gasteiger partial charge in [0.1, 0.15) is 0 Å². The molecule has 0 unspecified atom stereocenters. The molecule has 0 aromatic heterocycles. The van der Waals surface area contributed by atoms with Gasteiger partial charge in [0.25, 0.3) is 0 Å². The zero-order valence-corrected chi connectivity index (χ0v) is 10.9. The Morgan fingerprint density at radius 3 is 2.33 bits per heavy atom. The molecular weight excluding hydrogens is 245 g/mol. The molecule has 1 fully saturated rings. The van der Waals surface area contributed by atoms with E-state index in [0.29, 0.717) is 13.1 Å². The zero-order valence-electron chi connectivity index (χ0n) is 10.9. The van der Waals surface area contributed by atoms with Crippen LogP contribution in [0.15, 0.2) is 0 Å². The molecule has 1 aliphatic rings. The van der Waals surface area contributed by atoms with Crippen LogP contribution in [-0.2, 0) is 4.79 Å². The lowest BCUT2D eigenvalue weighted by Gasteiger charge is -2.39. The SMILES string of the molecule is CCC1(C)CCN(C(=O)CNCC(F)(F)F)CC1. The zero-order chi connectivity index (χ0) is 13.8. The molecule has 0 atom stereocenters. The summed E-state index contributed by atoms with van der Waals surface area (Å²) in [5.41, 5.74) is 0.274. The van der Waals surface area contributed by atoms with Gasteiger partial charge in [-0.05, 0) is 18.3 Å². The van der Waals surface area contributed by atoms with Crippen LogP contribution in [0, 0.1) is 5.41 Å². The lowest BCUT2D eigenvalue weighted by Crippen LogP contribution is -2.46. The maximum absolute atomic E-state index is 11.9. The number of piperidine rings is 1. The Hall–Kier alpha value is -0.780. The molecular formula is C12H21F3N2O. The third-order valence-electron chi connectivity index (χ3n) is 3.78. The van der Waals surface area contributed by atoms with Crippen molar-refractivity contribution in [1.29, 1.82) is 0 Å². The number of carbonyl (C=O) groups is 1. The molecule has 18 heavy (non-hydrogen) atoms. The second-order valence-electron chi connectivity index (χ2n) is 5.26. The average molecular weight is 266 g/mol. The van der Waals surface area contributed by atoms with E-state index < -0.39 is 12.7 Å². The molecule has 0 spiro atoms. The third-order valence-corrected chi connectivity index (χ3v) is 3.78. The largest absolute Gasteiger partial charge is 0.401 e. The molecule has 0 aliphatic carbocycles. The molecule has 0 saturated carbocycles. The number of nitrogens with one attached hydrogen (secondary N) is 1. The first-order valence-electron chi connectivity index (χ1n) is 6.31. The van der Waals surface area contributed by atoms with Gasteiger partial charge in [0, 0.05) is 13.1 Å². The van der Waals surface area contributed by atoms with Crippen molar-refractivity contribution >= 4 is 5.91 Å². The van der Waals surface area contributed by atoms with Crippen LogP contribution in [0.5, 0.6) is 0 Å². The van der Waals surface area contributed by atoms with E-state index in [9.17, 15) is 18.0 Å². The number of alkyl halides is 3. The number of hydrogen-bond acceptors (Lipinski definition) is 2. The predicted octanol–water partition coefficient (Wildman–Crippen LogP) is 2.18. The van der Waals surface area contributed by atoms with E-state index in [1.54, 1.807) is 4.90 Å². The van der Waals surface area contributed by atoms with Gasteiger partial charge in [-0.25, -0.2) is 0 Å². The highest BCUT2D eigenvalue weighted by Crippen LogP contribution is 2.33. The van der Waals surface area contributed by atoms with Crippen molar-refractivity contribution in [1.82, 2.24) is 10.2 Å². The van der Waals surface area contributed by atoms with Gasteiger partial charge < -0.3 is 10.2 Å². The fourth-order valence-corrected chi connectivity index (χ4v) is 2.07. The average Bonchev–Trinajstić information content (AvgIpc) is 2.28. The van der Waals surface area contributed by atoms with Gasteiger partial charge in [-0.15, -0.1) is 0 Å². The van der Waals surface area contributed by atoms with Crippen LogP contribution in [0.25, 0.3) is 0 Å². The van der Waals surface area contributed by atoms with E-state index in [1.807, 2.05) is 0 Å². The Balaban J connectivity index is 2.28. The summed E-state index contributed by atoms with van der Waals surface area (Å²) in [6.07, 6.45) is -1.34. The number of likely N-dealkylation sites (tertiary alicyclic amines) is 1. The van der Waals surface area contributed by atoms with Gasteiger partial charge >= 0.3 is 6.18 Å². The molecule has 3 nitrogen and oxygen atoms in total. The Morgan fingerprint density at radius 2 is 1.89 bits per heavy atom. The fourth-order valence-electron chi connectivity index (χ4n) is 2.07. The predicted molar refractivity (Wildman–Crippen MR) is 63.1 cm³/mol. The van der Waals surface area contributed by atoms with E-state index >= 15 is 0 Å². The van der Waals surface area contributed by atoms with Gasteiger partial charge in [0.15, 0.2) is 0 Å². The van der Waals surface area contributed by atoms with Crippen LogP contribution in [0.1, 0.15) is 33.1 Å². The minimum absolute atomic E-state index is 0.234. The van der Waals surface area contributed by atoms with E-state index in [2.05, 4.69) is 19.2 Å². The number of hydrogen-bond donors (Lipinski definition) is 1. The van der Waals surface area contributed by atoms with Crippen LogP contribution in [0.4, 0.5) is 13.2 Å². The van der Waals surface area contributed by atoms with E-state index in [-0.39, 0.29) is 17.9 Å². The van der Waals surface area contributed by atoms with E-state index in [1.165, 1.54) is 0 Å². The summed E-state index contributed by atoms with van der Waals surface area (Å²) in [4.78, 5) is 13.3. The molecule has 0 radical (unpaired) electrons. The van der Waals surface area contributed by atoms with Gasteiger partial charge in [-0.3, -0.25) is 4.79 Å². The van der Waals surface area contributed by atoms with Crippen LogP contribution >= 0.6 is 0 Å². The molecule has 1 N–H and O–H groups in total. The van der Waals surface area contributed by atoms with Crippen molar-refractivity contribution in [3.63, 3.8) is 0 Å². The number of carbonyl (C=O) groups excluding carboxylic acids is 1. The first-order valence-corrected chi connectivity index (χ1v) is 6.31.